The Balaban J connectivity index is 2.54. The third-order valence-corrected chi connectivity index (χ3v) is 4.13. The second-order valence-electron chi connectivity index (χ2n) is 6.45. The molecule has 2 N–H and O–H groups in total. The molecule has 22 heavy (non-hydrogen) atoms. The fraction of sp³-hybridized carbons (Fsp3) is 0.778. The molecular formula is C18H33N3O. The summed E-state index contributed by atoms with van der Waals surface area (Å²) in [5, 5.41) is 0. The number of aromatic nitrogens is 2. The van der Waals surface area contributed by atoms with Gasteiger partial charge in [-0.15, -0.1) is 0 Å². The molecule has 0 radical (unpaired) electrons. The molecule has 0 aliphatic heterocycles. The minimum Gasteiger partial charge on any atom is -0.484 e. The zero-order valence-electron chi connectivity index (χ0n) is 14.6. The lowest BCUT2D eigenvalue weighted by atomic mass is 9.91. The quantitative estimate of drug-likeness (QED) is 0.543. The average molecular weight is 307 g/mol. The van der Waals surface area contributed by atoms with Gasteiger partial charge in [0, 0.05) is 0 Å². The van der Waals surface area contributed by atoms with Crippen LogP contribution < -0.4 is 10.5 Å². The van der Waals surface area contributed by atoms with E-state index in [0.717, 1.165) is 18.6 Å². The molecule has 1 unspecified atom stereocenters. The molecule has 0 bridgehead atoms. The van der Waals surface area contributed by atoms with Crippen LogP contribution in [-0.2, 0) is 0 Å². The molecule has 0 aromatic carbocycles. The van der Waals surface area contributed by atoms with Gasteiger partial charge in [-0.3, -0.25) is 0 Å². The summed E-state index contributed by atoms with van der Waals surface area (Å²) in [6, 6.07) is 0. The number of ether oxygens (including phenoxy) is 1. The summed E-state index contributed by atoms with van der Waals surface area (Å²) in [7, 11) is 0. The molecule has 0 saturated carbocycles. The summed E-state index contributed by atoms with van der Waals surface area (Å²) in [6.45, 7) is 6.70. The largest absolute Gasteiger partial charge is 0.484 e. The molecular weight excluding hydrogens is 274 g/mol. The van der Waals surface area contributed by atoms with Gasteiger partial charge >= 0.3 is 0 Å². The van der Waals surface area contributed by atoms with Gasteiger partial charge in [0.05, 0.1) is 12.4 Å². The third-order valence-electron chi connectivity index (χ3n) is 4.13. The van der Waals surface area contributed by atoms with Gasteiger partial charge in [0.15, 0.2) is 5.75 Å². The van der Waals surface area contributed by atoms with Crippen molar-refractivity contribution in [3.63, 3.8) is 0 Å². The first-order valence-electron chi connectivity index (χ1n) is 8.86. The summed E-state index contributed by atoms with van der Waals surface area (Å²) in [5.41, 5.74) is 5.41. The predicted octanol–water partition coefficient (Wildman–Crippen LogP) is 5.14. The Morgan fingerprint density at radius 3 is 2.00 bits per heavy atom. The third kappa shape index (κ3) is 7.62. The van der Waals surface area contributed by atoms with Gasteiger partial charge in [0.25, 0.3) is 0 Å². The van der Waals surface area contributed by atoms with Gasteiger partial charge in [-0.2, -0.15) is 0 Å². The van der Waals surface area contributed by atoms with Crippen LogP contribution >= 0.6 is 0 Å². The molecule has 0 amide bonds. The number of nitrogens with zero attached hydrogens (tertiary/aromatic N) is 2. The maximum absolute atomic E-state index is 6.23. The molecule has 1 atom stereocenters. The average Bonchev–Trinajstić information content (AvgIpc) is 2.50. The van der Waals surface area contributed by atoms with Crippen molar-refractivity contribution in [2.24, 2.45) is 0 Å². The maximum Gasteiger partial charge on any atom is 0.220 e. The lowest BCUT2D eigenvalue weighted by Crippen LogP contribution is -2.32. The number of nitrogens with two attached hydrogens (primary N) is 1. The molecule has 1 aromatic rings. The minimum absolute atomic E-state index is 0.124. The fourth-order valence-electron chi connectivity index (χ4n) is 2.74. The monoisotopic (exact) mass is 307 g/mol. The van der Waals surface area contributed by atoms with E-state index in [0.29, 0.717) is 5.95 Å². The van der Waals surface area contributed by atoms with Crippen LogP contribution in [0.15, 0.2) is 12.4 Å². The van der Waals surface area contributed by atoms with E-state index in [2.05, 4.69) is 30.7 Å². The Kier molecular flexibility index (Phi) is 8.86. The summed E-state index contributed by atoms with van der Waals surface area (Å²) >= 11 is 0. The van der Waals surface area contributed by atoms with E-state index < -0.39 is 0 Å². The number of anilines is 1. The first kappa shape index (κ1) is 18.7. The Hall–Kier alpha value is -1.32. The summed E-state index contributed by atoms with van der Waals surface area (Å²) in [6.07, 6.45) is 15.7. The Bertz CT molecular complexity index is 394. The number of hydrogen-bond donors (Lipinski definition) is 1. The molecule has 4 nitrogen and oxygen atoms in total. The van der Waals surface area contributed by atoms with Crippen molar-refractivity contribution in [1.29, 1.82) is 0 Å². The van der Waals surface area contributed by atoms with E-state index in [4.69, 9.17) is 10.5 Å². The van der Waals surface area contributed by atoms with E-state index in [9.17, 15) is 0 Å². The molecule has 0 saturated heterocycles. The van der Waals surface area contributed by atoms with Crippen molar-refractivity contribution in [3.8, 4) is 5.75 Å². The van der Waals surface area contributed by atoms with Crippen LogP contribution in [0.25, 0.3) is 0 Å². The lowest BCUT2D eigenvalue weighted by molar-refractivity contribution is 0.0630. The normalized spacial score (nSPS) is 13.8. The van der Waals surface area contributed by atoms with Crippen LogP contribution in [0.4, 0.5) is 5.95 Å². The maximum atomic E-state index is 6.23. The van der Waals surface area contributed by atoms with Crippen molar-refractivity contribution in [1.82, 2.24) is 9.97 Å². The number of hydrogen-bond acceptors (Lipinski definition) is 4. The number of unbranched alkanes of at least 4 members (excludes halogenated alkanes) is 6. The van der Waals surface area contributed by atoms with Crippen molar-refractivity contribution in [3.05, 3.63) is 12.4 Å². The van der Waals surface area contributed by atoms with Crippen LogP contribution in [0, 0.1) is 0 Å². The highest BCUT2D eigenvalue weighted by atomic mass is 16.5. The van der Waals surface area contributed by atoms with Crippen molar-refractivity contribution < 1.29 is 4.74 Å². The molecule has 4 heteroatoms. The molecule has 1 rings (SSSR count). The van der Waals surface area contributed by atoms with Gasteiger partial charge in [-0.1, -0.05) is 52.4 Å². The SMILES string of the molecule is CCCCCCCC(C)(CCCCC)Oc1cnc(N)nc1. The minimum atomic E-state index is -0.124. The summed E-state index contributed by atoms with van der Waals surface area (Å²) in [4.78, 5) is 8.04. The topological polar surface area (TPSA) is 61.0 Å². The van der Waals surface area contributed by atoms with Crippen molar-refractivity contribution >= 4 is 5.95 Å². The van der Waals surface area contributed by atoms with Gasteiger partial charge in [-0.25, -0.2) is 9.97 Å². The number of nitrogen functional groups attached to an aromatic ring is 1. The molecule has 0 spiro atoms. The predicted molar refractivity (Wildman–Crippen MR) is 93.0 cm³/mol. The summed E-state index contributed by atoms with van der Waals surface area (Å²) < 4.78 is 6.23. The molecule has 0 fully saturated rings. The first-order chi connectivity index (χ1) is 10.6. The lowest BCUT2D eigenvalue weighted by Gasteiger charge is -2.31. The highest BCUT2D eigenvalue weighted by Gasteiger charge is 2.25. The second-order valence-corrected chi connectivity index (χ2v) is 6.45. The van der Waals surface area contributed by atoms with E-state index >= 15 is 0 Å². The Labute approximate surface area is 135 Å². The fourth-order valence-corrected chi connectivity index (χ4v) is 2.74. The highest BCUT2D eigenvalue weighted by Crippen LogP contribution is 2.28. The van der Waals surface area contributed by atoms with Crippen LogP contribution in [0.1, 0.15) is 85.0 Å². The van der Waals surface area contributed by atoms with Crippen LogP contribution in [0.3, 0.4) is 0 Å². The molecule has 126 valence electrons. The van der Waals surface area contributed by atoms with Crippen LogP contribution in [0.5, 0.6) is 5.75 Å². The molecule has 0 aliphatic rings. The van der Waals surface area contributed by atoms with Crippen LogP contribution in [0.2, 0.25) is 0 Å². The number of rotatable bonds is 12. The smallest absolute Gasteiger partial charge is 0.220 e. The second kappa shape index (κ2) is 10.4. The summed E-state index contributed by atoms with van der Waals surface area (Å²) in [5.74, 6) is 1.02. The highest BCUT2D eigenvalue weighted by molar-refractivity contribution is 5.21. The van der Waals surface area contributed by atoms with E-state index in [1.165, 1.54) is 51.4 Å². The van der Waals surface area contributed by atoms with Gasteiger partial charge in [0.2, 0.25) is 5.95 Å². The zero-order chi connectivity index (χ0) is 16.3. The van der Waals surface area contributed by atoms with Crippen LogP contribution in [-0.4, -0.2) is 15.6 Å². The molecule has 0 aliphatic carbocycles. The first-order valence-corrected chi connectivity index (χ1v) is 8.86. The Morgan fingerprint density at radius 1 is 0.909 bits per heavy atom. The standard InChI is InChI=1S/C18H33N3O/c1-4-6-8-9-11-13-18(3,12-10-7-5-2)22-16-14-20-17(19)21-15-16/h14-15H,4-13H2,1-3H3,(H2,19,20,21). The van der Waals surface area contributed by atoms with Crippen molar-refractivity contribution in [2.45, 2.75) is 90.6 Å². The zero-order valence-corrected chi connectivity index (χ0v) is 14.6. The van der Waals surface area contributed by atoms with E-state index in [-0.39, 0.29) is 5.60 Å². The van der Waals surface area contributed by atoms with Gasteiger partial charge in [-0.05, 0) is 32.6 Å². The van der Waals surface area contributed by atoms with Gasteiger partial charge in [0.1, 0.15) is 5.60 Å². The Morgan fingerprint density at radius 2 is 1.41 bits per heavy atom. The van der Waals surface area contributed by atoms with E-state index in [1.807, 2.05) is 0 Å². The molecule has 1 aromatic heterocycles. The molecule has 1 heterocycles. The van der Waals surface area contributed by atoms with Crippen molar-refractivity contribution in [2.75, 3.05) is 5.73 Å². The van der Waals surface area contributed by atoms with Gasteiger partial charge < -0.3 is 10.5 Å². The van der Waals surface area contributed by atoms with E-state index in [1.54, 1.807) is 12.4 Å².